The molecule has 48 heavy (non-hydrogen) atoms. The molecule has 0 spiro atoms. The second-order valence-electron chi connectivity index (χ2n) is 18.8. The maximum atomic E-state index is 12.8. The first-order chi connectivity index (χ1) is 21.9. The molecule has 0 radical (unpaired) electrons. The van der Waals surface area contributed by atoms with Gasteiger partial charge in [0.1, 0.15) is 0 Å². The first-order valence-electron chi connectivity index (χ1n) is 18.5. The van der Waals surface area contributed by atoms with Gasteiger partial charge in [-0.05, 0) is 128 Å². The monoisotopic (exact) mass is 698 g/mol. The lowest BCUT2D eigenvalue weighted by molar-refractivity contribution is -0.125. The van der Waals surface area contributed by atoms with Crippen molar-refractivity contribution in [3.63, 3.8) is 0 Å². The van der Waals surface area contributed by atoms with Gasteiger partial charge in [-0.25, -0.2) is 4.79 Å². The van der Waals surface area contributed by atoms with Crippen molar-refractivity contribution in [3.05, 3.63) is 47.6 Å². The zero-order valence-corrected chi connectivity index (χ0v) is 34.3. The van der Waals surface area contributed by atoms with Gasteiger partial charge in [0.25, 0.3) is 0 Å². The van der Waals surface area contributed by atoms with Crippen molar-refractivity contribution in [1.29, 1.82) is 0 Å². The second-order valence-corrected chi connectivity index (χ2v) is 28.3. The van der Waals surface area contributed by atoms with Crippen LogP contribution in [0.1, 0.15) is 113 Å². The van der Waals surface area contributed by atoms with Crippen LogP contribution in [0, 0.1) is 23.2 Å². The normalized spacial score (nSPS) is 32.0. The molecule has 0 aromatic carbocycles. The van der Waals surface area contributed by atoms with Crippen LogP contribution in [0.3, 0.4) is 0 Å². The average molecular weight is 699 g/mol. The Morgan fingerprint density at radius 2 is 1.56 bits per heavy atom. The van der Waals surface area contributed by atoms with Crippen LogP contribution in [-0.4, -0.2) is 51.5 Å². The van der Waals surface area contributed by atoms with Gasteiger partial charge in [-0.3, -0.25) is 4.79 Å². The molecular formula is C40H66O6Si2. The van der Waals surface area contributed by atoms with E-state index in [4.69, 9.17) is 18.7 Å². The van der Waals surface area contributed by atoms with Crippen LogP contribution in [0.25, 0.3) is 0 Å². The molecule has 0 heterocycles. The second kappa shape index (κ2) is 13.8. The van der Waals surface area contributed by atoms with Crippen LogP contribution in [0.2, 0.25) is 36.3 Å². The van der Waals surface area contributed by atoms with E-state index >= 15 is 0 Å². The van der Waals surface area contributed by atoms with Crippen molar-refractivity contribution in [3.8, 4) is 0 Å². The van der Waals surface area contributed by atoms with E-state index in [1.807, 2.05) is 6.08 Å². The Morgan fingerprint density at radius 1 is 0.958 bits per heavy atom. The molecule has 1 N–H and O–H groups in total. The van der Waals surface area contributed by atoms with Gasteiger partial charge in [-0.1, -0.05) is 85.8 Å². The molecular weight excluding hydrogens is 633 g/mol. The fraction of sp³-hybridized carbons (Fsp3) is 0.750. The zero-order valence-electron chi connectivity index (χ0n) is 32.3. The Kier molecular flexibility index (Phi) is 11.2. The minimum Gasteiger partial charge on any atom is -0.450 e. The van der Waals surface area contributed by atoms with E-state index in [-0.39, 0.29) is 39.4 Å². The van der Waals surface area contributed by atoms with Crippen LogP contribution < -0.4 is 0 Å². The molecule has 0 amide bonds. The molecule has 4 saturated carbocycles. The van der Waals surface area contributed by atoms with Crippen molar-refractivity contribution in [2.24, 2.45) is 23.2 Å². The highest BCUT2D eigenvalue weighted by molar-refractivity contribution is 6.74. The van der Waals surface area contributed by atoms with Gasteiger partial charge in [0.05, 0.1) is 12.2 Å². The van der Waals surface area contributed by atoms with Gasteiger partial charge < -0.3 is 18.7 Å². The summed E-state index contributed by atoms with van der Waals surface area (Å²) >= 11 is 0. The third kappa shape index (κ3) is 8.24. The highest BCUT2D eigenvalue weighted by Crippen LogP contribution is 2.59. The van der Waals surface area contributed by atoms with Crippen molar-refractivity contribution >= 4 is 28.6 Å². The van der Waals surface area contributed by atoms with Crippen molar-refractivity contribution < 1.29 is 28.3 Å². The molecule has 270 valence electrons. The van der Waals surface area contributed by atoms with E-state index in [2.05, 4.69) is 100 Å². The summed E-state index contributed by atoms with van der Waals surface area (Å²) in [6.45, 7) is 32.6. The number of hydrogen-bond donors (Lipinski definition) is 1. The molecule has 0 aromatic rings. The van der Waals surface area contributed by atoms with Gasteiger partial charge in [0.15, 0.2) is 28.0 Å². The number of allylic oxidation sites excluding steroid dienone is 4. The number of carboxylic acid groups (broad SMARTS) is 1. The molecule has 0 aliphatic heterocycles. The lowest BCUT2D eigenvalue weighted by atomic mass is 9.61. The van der Waals surface area contributed by atoms with E-state index < -0.39 is 28.4 Å². The molecule has 4 aliphatic carbocycles. The fourth-order valence-corrected chi connectivity index (χ4v) is 10.8. The molecule has 0 unspecified atom stereocenters. The molecule has 4 rings (SSSR count). The maximum absolute atomic E-state index is 12.8. The van der Waals surface area contributed by atoms with Gasteiger partial charge in [0, 0.05) is 6.42 Å². The lowest BCUT2D eigenvalue weighted by Crippen LogP contribution is -2.49. The quantitative estimate of drug-likeness (QED) is 0.139. The Morgan fingerprint density at radius 3 is 2.12 bits per heavy atom. The van der Waals surface area contributed by atoms with Crippen LogP contribution in [-0.2, 0) is 18.4 Å². The lowest BCUT2D eigenvalue weighted by Gasteiger charge is -2.45. The summed E-state index contributed by atoms with van der Waals surface area (Å²) in [5.41, 5.74) is 2.95. The summed E-state index contributed by atoms with van der Waals surface area (Å²) in [5.74, 6) is 0.988. The van der Waals surface area contributed by atoms with Crippen LogP contribution in [0.5, 0.6) is 0 Å². The molecule has 4 aliphatic rings. The van der Waals surface area contributed by atoms with Crippen molar-refractivity contribution in [2.45, 2.75) is 167 Å². The number of carbonyl (C=O) groups is 2. The predicted octanol–water partition coefficient (Wildman–Crippen LogP) is 11.2. The number of hydrogen-bond acceptors (Lipinski definition) is 5. The Balaban J connectivity index is 1.56. The molecule has 6 nitrogen and oxygen atoms in total. The third-order valence-corrected chi connectivity index (χ3v) is 22.4. The highest BCUT2D eigenvalue weighted by Gasteiger charge is 2.54. The van der Waals surface area contributed by atoms with E-state index in [9.17, 15) is 9.59 Å². The number of ether oxygens (including phenoxy) is 1. The van der Waals surface area contributed by atoms with Gasteiger partial charge in [-0.15, -0.1) is 0 Å². The molecule has 6 atom stereocenters. The minimum atomic E-state index is -2.03. The number of ketones is 1. The average Bonchev–Trinajstić information content (AvgIpc) is 3.62. The molecule has 0 saturated heterocycles. The van der Waals surface area contributed by atoms with Crippen LogP contribution in [0.15, 0.2) is 47.6 Å². The van der Waals surface area contributed by atoms with Gasteiger partial charge in [0.2, 0.25) is 0 Å². The largest absolute Gasteiger partial charge is 0.506 e. The fourth-order valence-electron chi connectivity index (χ4n) is 8.11. The summed E-state index contributed by atoms with van der Waals surface area (Å²) in [4.78, 5) is 23.9. The van der Waals surface area contributed by atoms with Gasteiger partial charge in [-0.2, -0.15) is 0 Å². The third-order valence-electron chi connectivity index (χ3n) is 13.4. The Labute approximate surface area is 294 Å². The summed E-state index contributed by atoms with van der Waals surface area (Å²) in [7, 11) is -4.00. The summed E-state index contributed by atoms with van der Waals surface area (Å²) in [6, 6.07) is 0. The first-order valence-corrected chi connectivity index (χ1v) is 24.3. The molecule has 0 bridgehead atoms. The van der Waals surface area contributed by atoms with Crippen LogP contribution in [0.4, 0.5) is 4.79 Å². The SMILES string of the molecule is C=C1/C(=C\C=C2/CCC[C@]3(C)[C@@H]([C@H](C)/C=C/C(=O)C4(OC(=O)O)CC4)CC[C@@H]23)C[C@@H](O[Si](C)(C)C(C)(C)C)C[C@@H]1O[Si](C)(C)C(C)(C)C. The van der Waals surface area contributed by atoms with Crippen LogP contribution >= 0.6 is 0 Å². The minimum absolute atomic E-state index is 0.0300. The van der Waals surface area contributed by atoms with Crippen molar-refractivity contribution in [2.75, 3.05) is 0 Å². The number of rotatable bonds is 10. The van der Waals surface area contributed by atoms with E-state index in [0.717, 1.165) is 37.7 Å². The number of carbonyl (C=O) groups excluding carboxylic acids is 1. The molecule has 4 fully saturated rings. The van der Waals surface area contributed by atoms with E-state index in [0.29, 0.717) is 24.7 Å². The van der Waals surface area contributed by atoms with Crippen molar-refractivity contribution in [1.82, 2.24) is 0 Å². The van der Waals surface area contributed by atoms with Gasteiger partial charge >= 0.3 is 6.16 Å². The maximum Gasteiger partial charge on any atom is 0.506 e. The summed E-state index contributed by atoms with van der Waals surface area (Å²) in [5, 5.41) is 9.32. The summed E-state index contributed by atoms with van der Waals surface area (Å²) in [6.07, 6.45) is 15.6. The molecule has 0 aromatic heterocycles. The Hall–Kier alpha value is -1.75. The molecule has 8 heteroatoms. The Bertz CT molecular complexity index is 1340. The topological polar surface area (TPSA) is 82.1 Å². The zero-order chi connectivity index (χ0) is 36.1. The highest BCUT2D eigenvalue weighted by atomic mass is 28.4. The summed E-state index contributed by atoms with van der Waals surface area (Å²) < 4.78 is 19.1. The predicted molar refractivity (Wildman–Crippen MR) is 201 cm³/mol. The standard InChI is InChI=1S/C40H66O6Si2/c1-27(16-21-35(41)40(23-24-40)44-36(42)43)32-19-20-33-29(15-14-22-39(32,33)9)17-18-30-25-31(45-47(10,11)37(3,4)5)26-34(28(30)2)46-48(12,13)38(6,7)8/h16-18,21,27,31-34H,2,14-15,19-20,22-26H2,1,3-13H3,(H,42,43)/b21-16+,29-17+,30-18-/t27-,31-,32-,33+,34+,39-/m1/s1. The first kappa shape index (κ1) is 39.0. The van der Waals surface area contributed by atoms with E-state index in [1.165, 1.54) is 18.4 Å². The van der Waals surface area contributed by atoms with E-state index in [1.54, 1.807) is 11.6 Å². The number of fused-ring (bicyclic) bond motifs is 1. The smallest absolute Gasteiger partial charge is 0.450 e.